The van der Waals surface area contributed by atoms with Gasteiger partial charge in [0.15, 0.2) is 0 Å². The predicted octanol–water partition coefficient (Wildman–Crippen LogP) is 2.01. The highest BCUT2D eigenvalue weighted by Gasteiger charge is 2.10. The van der Waals surface area contributed by atoms with Gasteiger partial charge in [-0.15, -0.1) is 0 Å². The van der Waals surface area contributed by atoms with Gasteiger partial charge in [0.05, 0.1) is 6.54 Å². The molecule has 2 aromatic carbocycles. The normalized spacial score (nSPS) is 10.5. The summed E-state index contributed by atoms with van der Waals surface area (Å²) in [4.78, 5) is 36.9. The second-order valence-electron chi connectivity index (χ2n) is 6.05. The molecule has 132 valence electrons. The van der Waals surface area contributed by atoms with Crippen LogP contribution < -0.4 is 16.6 Å². The summed E-state index contributed by atoms with van der Waals surface area (Å²) in [6, 6.07) is 18.1. The van der Waals surface area contributed by atoms with Gasteiger partial charge in [-0.3, -0.25) is 18.7 Å². The highest BCUT2D eigenvalue weighted by molar-refractivity contribution is 5.90. The van der Waals surface area contributed by atoms with Gasteiger partial charge < -0.3 is 5.32 Å². The SMILES string of the molecule is Cc1cccc(NC(=O)Cn2c(=O)ccn(Cc3ccccc3)c2=O)c1. The number of hydrogen-bond donors (Lipinski definition) is 1. The molecular weight excluding hydrogens is 330 g/mol. The van der Waals surface area contributed by atoms with Crippen molar-refractivity contribution in [2.45, 2.75) is 20.0 Å². The summed E-state index contributed by atoms with van der Waals surface area (Å²) in [6.45, 7) is 1.92. The molecule has 0 saturated carbocycles. The van der Waals surface area contributed by atoms with Crippen LogP contribution in [0.25, 0.3) is 0 Å². The van der Waals surface area contributed by atoms with Gasteiger partial charge in [-0.05, 0) is 30.2 Å². The first-order valence-electron chi connectivity index (χ1n) is 8.24. The molecule has 6 nitrogen and oxygen atoms in total. The van der Waals surface area contributed by atoms with Crippen LogP contribution in [-0.4, -0.2) is 15.0 Å². The largest absolute Gasteiger partial charge is 0.331 e. The maximum Gasteiger partial charge on any atom is 0.331 e. The van der Waals surface area contributed by atoms with Crippen LogP contribution in [0.3, 0.4) is 0 Å². The zero-order valence-electron chi connectivity index (χ0n) is 14.4. The summed E-state index contributed by atoms with van der Waals surface area (Å²) in [7, 11) is 0. The van der Waals surface area contributed by atoms with E-state index in [1.165, 1.54) is 16.8 Å². The molecule has 0 bridgehead atoms. The Morgan fingerprint density at radius 2 is 1.77 bits per heavy atom. The molecule has 0 radical (unpaired) electrons. The molecule has 0 aliphatic heterocycles. The maximum atomic E-state index is 12.6. The van der Waals surface area contributed by atoms with Crippen LogP contribution in [0.1, 0.15) is 11.1 Å². The first-order valence-corrected chi connectivity index (χ1v) is 8.24. The molecule has 26 heavy (non-hydrogen) atoms. The lowest BCUT2D eigenvalue weighted by Crippen LogP contribution is -2.41. The number of hydrogen-bond acceptors (Lipinski definition) is 3. The lowest BCUT2D eigenvalue weighted by Gasteiger charge is -2.10. The van der Waals surface area contributed by atoms with E-state index in [9.17, 15) is 14.4 Å². The summed E-state index contributed by atoms with van der Waals surface area (Å²) in [6.07, 6.45) is 1.45. The molecule has 1 aromatic heterocycles. The number of carbonyl (C=O) groups excluding carboxylic acids is 1. The first kappa shape index (κ1) is 17.4. The Morgan fingerprint density at radius 1 is 1.00 bits per heavy atom. The fourth-order valence-corrected chi connectivity index (χ4v) is 2.67. The lowest BCUT2D eigenvalue weighted by molar-refractivity contribution is -0.116. The van der Waals surface area contributed by atoms with Crippen LogP contribution >= 0.6 is 0 Å². The van der Waals surface area contributed by atoms with Crippen molar-refractivity contribution >= 4 is 11.6 Å². The first-order chi connectivity index (χ1) is 12.5. The molecule has 3 aromatic rings. The van der Waals surface area contributed by atoms with Gasteiger partial charge in [0.25, 0.3) is 5.56 Å². The predicted molar refractivity (Wildman–Crippen MR) is 100 cm³/mol. The van der Waals surface area contributed by atoms with Crippen molar-refractivity contribution < 1.29 is 4.79 Å². The Kier molecular flexibility index (Phi) is 5.12. The lowest BCUT2D eigenvalue weighted by atomic mass is 10.2. The minimum atomic E-state index is -0.513. The zero-order valence-corrected chi connectivity index (χ0v) is 14.4. The van der Waals surface area contributed by atoms with E-state index >= 15 is 0 Å². The Hall–Kier alpha value is -3.41. The summed E-state index contributed by atoms with van der Waals surface area (Å²) in [5, 5.41) is 2.71. The van der Waals surface area contributed by atoms with Gasteiger partial charge >= 0.3 is 5.69 Å². The minimum Gasteiger partial charge on any atom is -0.325 e. The molecule has 0 saturated heterocycles. The van der Waals surface area contributed by atoms with Crippen LogP contribution in [0.2, 0.25) is 0 Å². The molecule has 0 aliphatic carbocycles. The number of aromatic nitrogens is 2. The van der Waals surface area contributed by atoms with Crippen molar-refractivity contribution in [2.75, 3.05) is 5.32 Å². The molecule has 1 amide bonds. The Labute approximate surface area is 150 Å². The quantitative estimate of drug-likeness (QED) is 0.766. The molecule has 3 rings (SSSR count). The standard InChI is InChI=1S/C20H19N3O3/c1-15-6-5-9-17(12-15)21-18(24)14-23-19(25)10-11-22(20(23)26)13-16-7-3-2-4-8-16/h2-12H,13-14H2,1H3,(H,21,24). The Bertz CT molecular complexity index is 1040. The zero-order chi connectivity index (χ0) is 18.5. The number of anilines is 1. The van der Waals surface area contributed by atoms with Crippen molar-refractivity contribution in [1.29, 1.82) is 0 Å². The monoisotopic (exact) mass is 349 g/mol. The van der Waals surface area contributed by atoms with Crippen molar-refractivity contribution in [3.63, 3.8) is 0 Å². The van der Waals surface area contributed by atoms with Crippen LogP contribution in [0, 0.1) is 6.92 Å². The molecule has 0 fully saturated rings. The summed E-state index contributed by atoms with van der Waals surface area (Å²) < 4.78 is 2.35. The average molecular weight is 349 g/mol. The highest BCUT2D eigenvalue weighted by Crippen LogP contribution is 2.09. The molecule has 0 unspecified atom stereocenters. The molecule has 6 heteroatoms. The topological polar surface area (TPSA) is 73.1 Å². The van der Waals surface area contributed by atoms with E-state index in [2.05, 4.69) is 5.32 Å². The fourth-order valence-electron chi connectivity index (χ4n) is 2.67. The van der Waals surface area contributed by atoms with Crippen molar-refractivity contribution in [3.8, 4) is 0 Å². The van der Waals surface area contributed by atoms with E-state index in [4.69, 9.17) is 0 Å². The number of nitrogens with one attached hydrogen (secondary N) is 1. The summed E-state index contributed by atoms with van der Waals surface area (Å²) >= 11 is 0. The number of rotatable bonds is 5. The smallest absolute Gasteiger partial charge is 0.325 e. The molecule has 0 aliphatic rings. The molecule has 0 atom stereocenters. The van der Waals surface area contributed by atoms with E-state index in [1.54, 1.807) is 6.07 Å². The van der Waals surface area contributed by atoms with Crippen molar-refractivity contribution in [3.05, 3.63) is 98.8 Å². The number of nitrogens with zero attached hydrogens (tertiary/aromatic N) is 2. The highest BCUT2D eigenvalue weighted by atomic mass is 16.2. The van der Waals surface area contributed by atoms with Gasteiger partial charge in [0.1, 0.15) is 6.54 Å². The second kappa shape index (κ2) is 7.65. The van der Waals surface area contributed by atoms with Crippen molar-refractivity contribution in [2.24, 2.45) is 0 Å². The van der Waals surface area contributed by atoms with Gasteiger partial charge in [-0.1, -0.05) is 42.5 Å². The molecule has 1 heterocycles. The third kappa shape index (κ3) is 4.16. The number of benzene rings is 2. The number of amides is 1. The van der Waals surface area contributed by atoms with Crippen LogP contribution in [0.15, 0.2) is 76.4 Å². The summed E-state index contributed by atoms with van der Waals surface area (Å²) in [5.74, 6) is -0.424. The van der Waals surface area contributed by atoms with Gasteiger partial charge in [0, 0.05) is 18.0 Å². The minimum absolute atomic E-state index is 0.332. The van der Waals surface area contributed by atoms with E-state index in [1.807, 2.05) is 55.5 Å². The average Bonchev–Trinajstić information content (AvgIpc) is 2.62. The maximum absolute atomic E-state index is 12.6. The van der Waals surface area contributed by atoms with Crippen LogP contribution in [0.4, 0.5) is 5.69 Å². The van der Waals surface area contributed by atoms with E-state index in [0.717, 1.165) is 15.7 Å². The van der Waals surface area contributed by atoms with E-state index < -0.39 is 17.2 Å². The molecule has 0 spiro atoms. The Balaban J connectivity index is 1.81. The molecular formula is C20H19N3O3. The van der Waals surface area contributed by atoms with E-state index in [-0.39, 0.29) is 6.54 Å². The van der Waals surface area contributed by atoms with Crippen LogP contribution in [0.5, 0.6) is 0 Å². The number of aryl methyl sites for hydroxylation is 1. The Morgan fingerprint density at radius 3 is 2.50 bits per heavy atom. The third-order valence-corrected chi connectivity index (χ3v) is 3.94. The van der Waals surface area contributed by atoms with E-state index in [0.29, 0.717) is 12.2 Å². The van der Waals surface area contributed by atoms with Crippen molar-refractivity contribution in [1.82, 2.24) is 9.13 Å². The number of carbonyl (C=O) groups is 1. The van der Waals surface area contributed by atoms with Gasteiger partial charge in [0.2, 0.25) is 5.91 Å². The molecule has 1 N–H and O–H groups in total. The third-order valence-electron chi connectivity index (χ3n) is 3.94. The summed E-state index contributed by atoms with van der Waals surface area (Å²) in [5.41, 5.74) is 1.55. The van der Waals surface area contributed by atoms with Gasteiger partial charge in [-0.25, -0.2) is 4.79 Å². The van der Waals surface area contributed by atoms with Crippen LogP contribution in [-0.2, 0) is 17.9 Å². The fraction of sp³-hybridized carbons (Fsp3) is 0.150. The van der Waals surface area contributed by atoms with Gasteiger partial charge in [-0.2, -0.15) is 0 Å². The second-order valence-corrected chi connectivity index (χ2v) is 6.05.